The Kier molecular flexibility index (Phi) is 3.27. The zero-order valence-electron chi connectivity index (χ0n) is 12.5. The molecular weight excluding hydrogens is 288 g/mol. The van der Waals surface area contributed by atoms with Crippen LogP contribution in [0.1, 0.15) is 11.1 Å². The van der Waals surface area contributed by atoms with E-state index >= 15 is 0 Å². The molecule has 3 aromatic rings. The lowest BCUT2D eigenvalue weighted by Gasteiger charge is -2.11. The molecule has 0 atom stereocenters. The first-order chi connectivity index (χ1) is 11.3. The molecule has 2 aromatic heterocycles. The molecule has 6 heteroatoms. The summed E-state index contributed by atoms with van der Waals surface area (Å²) < 4.78 is 0. The Bertz CT molecular complexity index is 908. The van der Waals surface area contributed by atoms with Crippen molar-refractivity contribution in [3.05, 3.63) is 53.9 Å². The molecular formula is C17H16N6. The van der Waals surface area contributed by atoms with Crippen molar-refractivity contribution in [1.82, 2.24) is 15.2 Å². The molecule has 0 saturated heterocycles. The topological polar surface area (TPSA) is 92.0 Å². The van der Waals surface area contributed by atoms with E-state index in [1.165, 1.54) is 5.57 Å². The smallest absolute Gasteiger partial charge is 0.126 e. The number of hydrogen-bond acceptors (Lipinski definition) is 5. The molecule has 1 aliphatic rings. The maximum atomic E-state index is 5.97. The fourth-order valence-corrected chi connectivity index (χ4v) is 2.70. The maximum Gasteiger partial charge on any atom is 0.126 e. The van der Waals surface area contributed by atoms with Crippen LogP contribution >= 0.6 is 0 Å². The van der Waals surface area contributed by atoms with E-state index in [1.54, 1.807) is 6.20 Å². The molecule has 0 fully saturated rings. The predicted octanol–water partition coefficient (Wildman–Crippen LogP) is 2.62. The zero-order valence-corrected chi connectivity index (χ0v) is 12.5. The predicted molar refractivity (Wildman–Crippen MR) is 93.4 cm³/mol. The highest BCUT2D eigenvalue weighted by atomic mass is 15.1. The first-order valence-corrected chi connectivity index (χ1v) is 7.41. The zero-order chi connectivity index (χ0) is 15.6. The number of aromatic nitrogens is 3. The second-order valence-electron chi connectivity index (χ2n) is 5.47. The van der Waals surface area contributed by atoms with Crippen LogP contribution in [0.2, 0.25) is 0 Å². The van der Waals surface area contributed by atoms with Crippen LogP contribution in [0.25, 0.3) is 16.5 Å². The van der Waals surface area contributed by atoms with Crippen molar-refractivity contribution in [3.8, 4) is 0 Å². The maximum absolute atomic E-state index is 5.97. The Balaban J connectivity index is 1.70. The van der Waals surface area contributed by atoms with E-state index in [9.17, 15) is 0 Å². The molecule has 0 bridgehead atoms. The fraction of sp³-hybridized carbons (Fsp3) is 0.118. The number of aliphatic imine (C=N–C) groups is 1. The van der Waals surface area contributed by atoms with Gasteiger partial charge in [0.25, 0.3) is 0 Å². The summed E-state index contributed by atoms with van der Waals surface area (Å²) in [7, 11) is 0. The number of allylic oxidation sites excluding steroid dienone is 1. The third-order valence-corrected chi connectivity index (χ3v) is 3.88. The number of H-pyrrole nitrogens is 1. The molecule has 0 aliphatic carbocycles. The molecule has 0 spiro atoms. The molecule has 6 nitrogen and oxygen atoms in total. The number of benzene rings is 1. The number of nitrogens with two attached hydrogens (primary N) is 1. The number of hydrogen-bond donors (Lipinski definition) is 3. The second kappa shape index (κ2) is 5.57. The lowest BCUT2D eigenvalue weighted by Crippen LogP contribution is -2.02. The number of nitrogens with zero attached hydrogens (tertiary/aromatic N) is 3. The molecule has 4 rings (SSSR count). The number of nitrogen functional groups attached to an aromatic ring is 1. The highest BCUT2D eigenvalue weighted by Gasteiger charge is 2.09. The first kappa shape index (κ1) is 13.5. The minimum atomic E-state index is 0.501. The van der Waals surface area contributed by atoms with Gasteiger partial charge in [-0.25, -0.2) is 4.98 Å². The van der Waals surface area contributed by atoms with Gasteiger partial charge in [-0.15, -0.1) is 0 Å². The Morgan fingerprint density at radius 2 is 2.22 bits per heavy atom. The van der Waals surface area contributed by atoms with Crippen molar-refractivity contribution >= 4 is 34.2 Å². The summed E-state index contributed by atoms with van der Waals surface area (Å²) in [6, 6.07) is 8.10. The number of anilines is 2. The largest absolute Gasteiger partial charge is 0.384 e. The summed E-state index contributed by atoms with van der Waals surface area (Å²) in [5.74, 6) is 0.501. The van der Waals surface area contributed by atoms with Crippen molar-refractivity contribution in [2.45, 2.75) is 6.54 Å². The van der Waals surface area contributed by atoms with Crippen molar-refractivity contribution in [1.29, 1.82) is 0 Å². The summed E-state index contributed by atoms with van der Waals surface area (Å²) in [4.78, 5) is 8.69. The van der Waals surface area contributed by atoms with Crippen molar-refractivity contribution in [2.24, 2.45) is 4.99 Å². The normalized spacial score (nSPS) is 13.5. The molecule has 1 aliphatic heterocycles. The summed E-state index contributed by atoms with van der Waals surface area (Å²) >= 11 is 0. The van der Waals surface area contributed by atoms with Gasteiger partial charge < -0.3 is 11.1 Å². The third kappa shape index (κ3) is 2.66. The third-order valence-electron chi connectivity index (χ3n) is 3.88. The van der Waals surface area contributed by atoms with Gasteiger partial charge >= 0.3 is 0 Å². The van der Waals surface area contributed by atoms with E-state index in [0.717, 1.165) is 34.3 Å². The van der Waals surface area contributed by atoms with Gasteiger partial charge in [0, 0.05) is 41.7 Å². The lowest BCUT2D eigenvalue weighted by atomic mass is 10.0. The Hall–Kier alpha value is -3.15. The standard InChI is InChI=1S/C17H16N6/c18-17-6-15(20-7-11-8-21-22-9-11)14-2-1-12(5-16(14)23-17)13-3-4-19-10-13/h1-6,8-9H,7,10H2,(H,21,22)(H3,18,20,23). The van der Waals surface area contributed by atoms with Gasteiger partial charge in [0.15, 0.2) is 0 Å². The molecule has 1 aromatic carbocycles. The number of fused-ring (bicyclic) bond motifs is 1. The van der Waals surface area contributed by atoms with E-state index < -0.39 is 0 Å². The van der Waals surface area contributed by atoms with Crippen LogP contribution in [0.3, 0.4) is 0 Å². The van der Waals surface area contributed by atoms with Crippen LogP contribution in [-0.2, 0) is 6.54 Å². The number of nitrogens with one attached hydrogen (secondary N) is 2. The first-order valence-electron chi connectivity index (χ1n) is 7.41. The lowest BCUT2D eigenvalue weighted by molar-refractivity contribution is 1.09. The molecule has 4 N–H and O–H groups in total. The fourth-order valence-electron chi connectivity index (χ4n) is 2.70. The van der Waals surface area contributed by atoms with E-state index in [0.29, 0.717) is 12.4 Å². The molecule has 23 heavy (non-hydrogen) atoms. The molecule has 3 heterocycles. The van der Waals surface area contributed by atoms with Crippen LogP contribution in [0, 0.1) is 0 Å². The molecule has 0 saturated carbocycles. The average molecular weight is 304 g/mol. The van der Waals surface area contributed by atoms with Gasteiger partial charge in [-0.05, 0) is 23.3 Å². The quantitative estimate of drug-likeness (QED) is 0.691. The van der Waals surface area contributed by atoms with Gasteiger partial charge in [0.1, 0.15) is 5.82 Å². The van der Waals surface area contributed by atoms with E-state index in [-0.39, 0.29) is 0 Å². The van der Waals surface area contributed by atoms with Crippen LogP contribution in [0.5, 0.6) is 0 Å². The summed E-state index contributed by atoms with van der Waals surface area (Å²) in [6.45, 7) is 1.40. The summed E-state index contributed by atoms with van der Waals surface area (Å²) in [6.07, 6.45) is 7.53. The monoisotopic (exact) mass is 304 g/mol. The molecule has 0 amide bonds. The summed E-state index contributed by atoms with van der Waals surface area (Å²) in [5.41, 5.74) is 11.2. The highest BCUT2D eigenvalue weighted by molar-refractivity contribution is 5.96. The highest BCUT2D eigenvalue weighted by Crippen LogP contribution is 2.28. The Labute approximate surface area is 133 Å². The molecule has 114 valence electrons. The van der Waals surface area contributed by atoms with Crippen LogP contribution in [-0.4, -0.2) is 27.9 Å². The number of rotatable bonds is 4. The van der Waals surface area contributed by atoms with Crippen LogP contribution in [0.15, 0.2) is 47.7 Å². The second-order valence-corrected chi connectivity index (χ2v) is 5.47. The van der Waals surface area contributed by atoms with Gasteiger partial charge in [0.2, 0.25) is 0 Å². The van der Waals surface area contributed by atoms with E-state index in [1.807, 2.05) is 24.6 Å². The van der Waals surface area contributed by atoms with Crippen molar-refractivity contribution in [3.63, 3.8) is 0 Å². The van der Waals surface area contributed by atoms with E-state index in [2.05, 4.69) is 43.7 Å². The van der Waals surface area contributed by atoms with Crippen LogP contribution < -0.4 is 11.1 Å². The summed E-state index contributed by atoms with van der Waals surface area (Å²) in [5, 5.41) is 11.2. The molecule has 0 radical (unpaired) electrons. The van der Waals surface area contributed by atoms with Crippen molar-refractivity contribution < 1.29 is 0 Å². The molecule has 0 unspecified atom stereocenters. The van der Waals surface area contributed by atoms with E-state index in [4.69, 9.17) is 5.73 Å². The van der Waals surface area contributed by atoms with Gasteiger partial charge in [0.05, 0.1) is 18.3 Å². The van der Waals surface area contributed by atoms with Gasteiger partial charge in [-0.3, -0.25) is 10.1 Å². The Morgan fingerprint density at radius 1 is 1.26 bits per heavy atom. The minimum Gasteiger partial charge on any atom is -0.384 e. The minimum absolute atomic E-state index is 0.501. The number of pyridine rings is 1. The number of aromatic amines is 1. The van der Waals surface area contributed by atoms with Crippen molar-refractivity contribution in [2.75, 3.05) is 17.6 Å². The van der Waals surface area contributed by atoms with Gasteiger partial charge in [-0.2, -0.15) is 5.10 Å². The van der Waals surface area contributed by atoms with Crippen LogP contribution in [0.4, 0.5) is 11.5 Å². The average Bonchev–Trinajstić information content (AvgIpc) is 3.25. The van der Waals surface area contributed by atoms with Gasteiger partial charge in [-0.1, -0.05) is 12.1 Å². The Morgan fingerprint density at radius 3 is 3.00 bits per heavy atom. The SMILES string of the molecule is Nc1cc(NCc2cn[nH]c2)c2ccc(C3=CC=NC3)cc2n1.